The molecule has 0 aliphatic rings. The molecule has 0 saturated heterocycles. The van der Waals surface area contributed by atoms with Crippen molar-refractivity contribution in [3.63, 3.8) is 0 Å². The van der Waals surface area contributed by atoms with Gasteiger partial charge < -0.3 is 10.4 Å². The standard InChI is InChI=1S/C19H17IN2O2S/c1-11-3-4-12(2)15(9-11)18-16(10-17(23)24)25-19(22-18)21-14-7-5-13(20)6-8-14/h3-9H,10H2,1-2H3,(H,21,22)(H,23,24). The van der Waals surface area contributed by atoms with E-state index in [1.54, 1.807) is 0 Å². The quantitative estimate of drug-likeness (QED) is 0.497. The van der Waals surface area contributed by atoms with Crippen LogP contribution in [-0.4, -0.2) is 16.1 Å². The summed E-state index contributed by atoms with van der Waals surface area (Å²) in [6.45, 7) is 4.04. The number of aromatic nitrogens is 1. The number of carboxylic acid groups (broad SMARTS) is 1. The zero-order chi connectivity index (χ0) is 18.0. The van der Waals surface area contributed by atoms with Gasteiger partial charge in [0.1, 0.15) is 0 Å². The van der Waals surface area contributed by atoms with Gasteiger partial charge in [0.15, 0.2) is 5.13 Å². The van der Waals surface area contributed by atoms with E-state index < -0.39 is 5.97 Å². The summed E-state index contributed by atoms with van der Waals surface area (Å²) >= 11 is 3.65. The number of thiazole rings is 1. The van der Waals surface area contributed by atoms with Gasteiger partial charge in [0, 0.05) is 19.7 Å². The summed E-state index contributed by atoms with van der Waals surface area (Å²) in [5.41, 5.74) is 4.89. The minimum atomic E-state index is -0.851. The molecule has 3 rings (SSSR count). The SMILES string of the molecule is Cc1ccc(C)c(-c2nc(Nc3ccc(I)cc3)sc2CC(=O)O)c1. The first kappa shape index (κ1) is 17.9. The van der Waals surface area contributed by atoms with Crippen molar-refractivity contribution in [2.24, 2.45) is 0 Å². The summed E-state index contributed by atoms with van der Waals surface area (Å²) in [6.07, 6.45) is -0.0330. The largest absolute Gasteiger partial charge is 0.481 e. The Hall–Kier alpha value is -1.93. The molecule has 2 N–H and O–H groups in total. The third-order valence-corrected chi connectivity index (χ3v) is 5.44. The molecule has 4 nitrogen and oxygen atoms in total. The van der Waals surface area contributed by atoms with Crippen LogP contribution in [0.2, 0.25) is 0 Å². The maximum atomic E-state index is 11.3. The Kier molecular flexibility index (Phi) is 5.39. The maximum Gasteiger partial charge on any atom is 0.308 e. The van der Waals surface area contributed by atoms with E-state index in [0.29, 0.717) is 5.13 Å². The second kappa shape index (κ2) is 7.53. The topological polar surface area (TPSA) is 62.2 Å². The molecule has 0 saturated carbocycles. The van der Waals surface area contributed by atoms with Gasteiger partial charge in [-0.25, -0.2) is 4.98 Å². The molecule has 1 aromatic heterocycles. The summed E-state index contributed by atoms with van der Waals surface area (Å²) < 4.78 is 1.16. The number of carboxylic acids is 1. The number of aryl methyl sites for hydroxylation is 2. The number of carbonyl (C=O) groups is 1. The molecule has 0 fully saturated rings. The molecule has 128 valence electrons. The van der Waals surface area contributed by atoms with Crippen molar-refractivity contribution in [2.45, 2.75) is 20.3 Å². The summed E-state index contributed by atoms with van der Waals surface area (Å²) in [5.74, 6) is -0.851. The number of rotatable bonds is 5. The maximum absolute atomic E-state index is 11.3. The normalized spacial score (nSPS) is 10.7. The third kappa shape index (κ3) is 4.38. The van der Waals surface area contributed by atoms with Crippen LogP contribution in [0.1, 0.15) is 16.0 Å². The smallest absolute Gasteiger partial charge is 0.308 e. The Labute approximate surface area is 164 Å². The molecule has 0 aliphatic carbocycles. The highest BCUT2D eigenvalue weighted by Gasteiger charge is 2.17. The first-order chi connectivity index (χ1) is 11.9. The molecule has 0 amide bonds. The van der Waals surface area contributed by atoms with Crippen molar-refractivity contribution in [1.82, 2.24) is 4.98 Å². The second-order valence-electron chi connectivity index (χ2n) is 5.81. The van der Waals surface area contributed by atoms with Crippen LogP contribution in [0.5, 0.6) is 0 Å². The molecule has 0 bridgehead atoms. The Balaban J connectivity index is 2.01. The molecule has 2 aromatic carbocycles. The van der Waals surface area contributed by atoms with Crippen molar-refractivity contribution in [3.05, 3.63) is 62.0 Å². The van der Waals surface area contributed by atoms with E-state index in [4.69, 9.17) is 4.98 Å². The van der Waals surface area contributed by atoms with Gasteiger partial charge in [-0.2, -0.15) is 0 Å². The Bertz CT molecular complexity index is 920. The van der Waals surface area contributed by atoms with E-state index >= 15 is 0 Å². The van der Waals surface area contributed by atoms with E-state index in [0.717, 1.165) is 36.5 Å². The number of nitrogens with zero attached hydrogens (tertiary/aromatic N) is 1. The fraction of sp³-hybridized carbons (Fsp3) is 0.158. The lowest BCUT2D eigenvalue weighted by molar-refractivity contribution is -0.136. The molecular formula is C19H17IN2O2S. The first-order valence-corrected chi connectivity index (χ1v) is 9.63. The molecule has 1 heterocycles. The molecule has 3 aromatic rings. The van der Waals surface area contributed by atoms with Crippen LogP contribution in [-0.2, 0) is 11.2 Å². The van der Waals surface area contributed by atoms with Crippen LogP contribution in [0.3, 0.4) is 0 Å². The lowest BCUT2D eigenvalue weighted by Gasteiger charge is -2.06. The number of aliphatic carboxylic acids is 1. The van der Waals surface area contributed by atoms with Crippen molar-refractivity contribution in [2.75, 3.05) is 5.32 Å². The van der Waals surface area contributed by atoms with E-state index in [1.165, 1.54) is 11.3 Å². The number of hydrogen-bond donors (Lipinski definition) is 2. The van der Waals surface area contributed by atoms with Gasteiger partial charge in [0.25, 0.3) is 0 Å². The Morgan fingerprint density at radius 3 is 2.60 bits per heavy atom. The number of hydrogen-bond acceptors (Lipinski definition) is 4. The van der Waals surface area contributed by atoms with E-state index in [9.17, 15) is 9.90 Å². The van der Waals surface area contributed by atoms with Gasteiger partial charge in [-0.15, -0.1) is 11.3 Å². The van der Waals surface area contributed by atoms with E-state index in [-0.39, 0.29) is 6.42 Å². The number of nitrogens with one attached hydrogen (secondary N) is 1. The monoisotopic (exact) mass is 464 g/mol. The summed E-state index contributed by atoms with van der Waals surface area (Å²) in [6, 6.07) is 14.1. The highest BCUT2D eigenvalue weighted by atomic mass is 127. The van der Waals surface area contributed by atoms with Crippen LogP contribution < -0.4 is 5.32 Å². The predicted molar refractivity (Wildman–Crippen MR) is 111 cm³/mol. The van der Waals surface area contributed by atoms with Crippen LogP contribution in [0.4, 0.5) is 10.8 Å². The zero-order valence-electron chi connectivity index (χ0n) is 13.8. The summed E-state index contributed by atoms with van der Waals surface area (Å²) in [4.78, 5) is 16.7. The number of anilines is 2. The fourth-order valence-corrected chi connectivity index (χ4v) is 3.87. The number of halogens is 1. The van der Waals surface area contributed by atoms with Crippen LogP contribution in [0.15, 0.2) is 42.5 Å². The van der Waals surface area contributed by atoms with Crippen LogP contribution in [0, 0.1) is 17.4 Å². The summed E-state index contributed by atoms with van der Waals surface area (Å²) in [5, 5.41) is 13.2. The van der Waals surface area contributed by atoms with E-state index in [2.05, 4.69) is 34.0 Å². The lowest BCUT2D eigenvalue weighted by Crippen LogP contribution is -2.00. The van der Waals surface area contributed by atoms with Crippen molar-refractivity contribution in [3.8, 4) is 11.3 Å². The van der Waals surface area contributed by atoms with Gasteiger partial charge in [-0.1, -0.05) is 17.7 Å². The zero-order valence-corrected chi connectivity index (χ0v) is 16.8. The average Bonchev–Trinajstić information content (AvgIpc) is 2.93. The van der Waals surface area contributed by atoms with Crippen molar-refractivity contribution < 1.29 is 9.90 Å². The minimum Gasteiger partial charge on any atom is -0.481 e. The fourth-order valence-electron chi connectivity index (χ4n) is 2.52. The average molecular weight is 464 g/mol. The van der Waals surface area contributed by atoms with Gasteiger partial charge in [-0.05, 0) is 72.3 Å². The summed E-state index contributed by atoms with van der Waals surface area (Å²) in [7, 11) is 0. The Morgan fingerprint density at radius 1 is 1.20 bits per heavy atom. The lowest BCUT2D eigenvalue weighted by atomic mass is 10.0. The third-order valence-electron chi connectivity index (χ3n) is 3.75. The number of benzene rings is 2. The molecule has 0 aliphatic heterocycles. The minimum absolute atomic E-state index is 0.0330. The van der Waals surface area contributed by atoms with Crippen molar-refractivity contribution in [1.29, 1.82) is 0 Å². The van der Waals surface area contributed by atoms with Gasteiger partial charge in [0.05, 0.1) is 12.1 Å². The molecular weight excluding hydrogens is 447 g/mol. The van der Waals surface area contributed by atoms with Crippen LogP contribution >= 0.6 is 33.9 Å². The van der Waals surface area contributed by atoms with Gasteiger partial charge >= 0.3 is 5.97 Å². The Morgan fingerprint density at radius 2 is 1.92 bits per heavy atom. The molecule has 6 heteroatoms. The predicted octanol–water partition coefficient (Wildman–Crippen LogP) is 5.40. The molecule has 0 atom stereocenters. The highest BCUT2D eigenvalue weighted by Crippen LogP contribution is 2.35. The second-order valence-corrected chi connectivity index (χ2v) is 8.14. The van der Waals surface area contributed by atoms with Gasteiger partial charge in [0.2, 0.25) is 0 Å². The van der Waals surface area contributed by atoms with Gasteiger partial charge in [-0.3, -0.25) is 4.79 Å². The van der Waals surface area contributed by atoms with Crippen molar-refractivity contribution >= 4 is 50.7 Å². The van der Waals surface area contributed by atoms with E-state index in [1.807, 2.05) is 50.2 Å². The molecule has 0 spiro atoms. The molecule has 25 heavy (non-hydrogen) atoms. The first-order valence-electron chi connectivity index (χ1n) is 7.74. The van der Waals surface area contributed by atoms with Crippen LogP contribution in [0.25, 0.3) is 11.3 Å². The highest BCUT2D eigenvalue weighted by molar-refractivity contribution is 14.1. The molecule has 0 unspecified atom stereocenters. The molecule has 0 radical (unpaired) electrons.